The van der Waals surface area contributed by atoms with Crippen LogP contribution in [-0.4, -0.2) is 11.1 Å². The molecular weight excluding hydrogens is 312 g/mol. The van der Waals surface area contributed by atoms with E-state index in [1.807, 2.05) is 0 Å². The summed E-state index contributed by atoms with van der Waals surface area (Å²) >= 11 is 0. The Hall–Kier alpha value is -0.752. The molecule has 11 heavy (non-hydrogen) atoms. The van der Waals surface area contributed by atoms with Crippen molar-refractivity contribution in [2.75, 3.05) is 0 Å². The van der Waals surface area contributed by atoms with E-state index in [-0.39, 0.29) is 21.1 Å². The molecule has 3 heteroatoms. The van der Waals surface area contributed by atoms with E-state index in [4.69, 9.17) is 5.11 Å². The monoisotopic (exact) mass is 319 g/mol. The van der Waals surface area contributed by atoms with Gasteiger partial charge in [0.05, 0.1) is 0 Å². The van der Waals surface area contributed by atoms with Crippen molar-refractivity contribution < 1.29 is 31.0 Å². The fraction of sp³-hybridized carbons (Fsp3) is 0. The molecule has 0 amide bonds. The average molecular weight is 319 g/mol. The second-order valence-corrected chi connectivity index (χ2v) is 2.00. The summed E-state index contributed by atoms with van der Waals surface area (Å²) in [7, 11) is 0. The summed E-state index contributed by atoms with van der Waals surface area (Å²) in [5.74, 6) is -0.903. The first-order valence-electron chi connectivity index (χ1n) is 2.85. The third-order valence-corrected chi connectivity index (χ3v) is 1.20. The van der Waals surface area contributed by atoms with Crippen LogP contribution in [0, 0.1) is 6.92 Å². The second-order valence-electron chi connectivity index (χ2n) is 2.00. The zero-order valence-corrected chi connectivity index (χ0v) is 8.71. The minimum atomic E-state index is -0.903. The van der Waals surface area contributed by atoms with Crippen molar-refractivity contribution in [3.05, 3.63) is 42.3 Å². The molecular formula is C8H7O2W+. The van der Waals surface area contributed by atoms with Crippen molar-refractivity contribution in [2.24, 2.45) is 0 Å². The van der Waals surface area contributed by atoms with Gasteiger partial charge in [-0.2, -0.15) is 24.6 Å². The summed E-state index contributed by atoms with van der Waals surface area (Å²) in [6, 6.07) is 6.40. The molecule has 0 aliphatic heterocycles. The Morgan fingerprint density at radius 2 is 1.73 bits per heavy atom. The van der Waals surface area contributed by atoms with Crippen LogP contribution in [0.25, 0.3) is 0 Å². The number of benzene rings is 1. The zero-order valence-electron chi connectivity index (χ0n) is 5.78. The van der Waals surface area contributed by atoms with Gasteiger partial charge in [0.2, 0.25) is 0 Å². The van der Waals surface area contributed by atoms with Crippen molar-refractivity contribution in [3.8, 4) is 0 Å². The van der Waals surface area contributed by atoms with Gasteiger partial charge in [-0.15, -0.1) is 12.1 Å². The van der Waals surface area contributed by atoms with Gasteiger partial charge in [-0.05, 0) is 0 Å². The van der Waals surface area contributed by atoms with Gasteiger partial charge in [0.25, 0.3) is 0 Å². The van der Waals surface area contributed by atoms with Gasteiger partial charge in [0.15, 0.2) is 0 Å². The van der Waals surface area contributed by atoms with Crippen LogP contribution in [0.4, 0.5) is 0 Å². The van der Waals surface area contributed by atoms with Crippen LogP contribution < -0.4 is 0 Å². The molecule has 0 fully saturated rings. The fourth-order valence-corrected chi connectivity index (χ4v) is 0.647. The molecule has 1 aromatic carbocycles. The maximum absolute atomic E-state index is 10.3. The molecule has 0 saturated carbocycles. The summed E-state index contributed by atoms with van der Waals surface area (Å²) in [5, 5.41) is 8.46. The van der Waals surface area contributed by atoms with E-state index < -0.39 is 5.97 Å². The zero-order chi connectivity index (χ0) is 7.56. The van der Waals surface area contributed by atoms with Crippen LogP contribution in [0.5, 0.6) is 0 Å². The number of rotatable bonds is 1. The summed E-state index contributed by atoms with van der Waals surface area (Å²) in [5.41, 5.74) is 1.12. The Morgan fingerprint density at radius 1 is 1.27 bits per heavy atom. The molecule has 0 aliphatic carbocycles. The maximum atomic E-state index is 10.3. The molecule has 0 bridgehead atoms. The van der Waals surface area contributed by atoms with Crippen molar-refractivity contribution >= 4 is 5.97 Å². The molecule has 1 aromatic rings. The number of hydrogen-bond donors (Lipinski definition) is 1. The molecule has 0 aliphatic rings. The van der Waals surface area contributed by atoms with E-state index in [1.165, 1.54) is 12.1 Å². The van der Waals surface area contributed by atoms with Crippen LogP contribution in [0.1, 0.15) is 15.9 Å². The Labute approximate surface area is 79.5 Å². The van der Waals surface area contributed by atoms with Crippen LogP contribution in [0.2, 0.25) is 0 Å². The van der Waals surface area contributed by atoms with Gasteiger partial charge >= 0.3 is 27.0 Å². The Morgan fingerprint density at radius 3 is 2.09 bits per heavy atom. The van der Waals surface area contributed by atoms with E-state index in [1.54, 1.807) is 12.1 Å². The van der Waals surface area contributed by atoms with Crippen LogP contribution >= 0.6 is 0 Å². The minimum absolute atomic E-state index is 0. The number of carbonyl (C=O) groups is 1. The summed E-state index contributed by atoms with van der Waals surface area (Å²) < 4.78 is 0. The quantitative estimate of drug-likeness (QED) is 0.798. The topological polar surface area (TPSA) is 37.3 Å². The molecule has 0 spiro atoms. The van der Waals surface area contributed by atoms with Crippen molar-refractivity contribution in [1.82, 2.24) is 0 Å². The molecule has 56 valence electrons. The molecule has 0 heterocycles. The molecule has 1 rings (SSSR count). The molecule has 0 saturated heterocycles. The van der Waals surface area contributed by atoms with Crippen molar-refractivity contribution in [2.45, 2.75) is 0 Å². The SMILES string of the molecule is [CH2-]c1ccc(C(=O)O)cc1.[W+2]. The average Bonchev–Trinajstić information content (AvgIpc) is 1.88. The fourth-order valence-electron chi connectivity index (χ4n) is 0.647. The summed E-state index contributed by atoms with van der Waals surface area (Å²) in [6.07, 6.45) is 0. The normalized spacial score (nSPS) is 8.36. The predicted molar refractivity (Wildman–Crippen MR) is 37.9 cm³/mol. The van der Waals surface area contributed by atoms with E-state index in [9.17, 15) is 4.79 Å². The van der Waals surface area contributed by atoms with Gasteiger partial charge in [0.1, 0.15) is 0 Å². The van der Waals surface area contributed by atoms with Crippen molar-refractivity contribution in [1.29, 1.82) is 0 Å². The van der Waals surface area contributed by atoms with Crippen LogP contribution in [0.3, 0.4) is 0 Å². The van der Waals surface area contributed by atoms with E-state index in [0.717, 1.165) is 5.56 Å². The van der Waals surface area contributed by atoms with E-state index in [0.29, 0.717) is 5.56 Å². The first-order valence-corrected chi connectivity index (χ1v) is 2.85. The number of aromatic carboxylic acids is 1. The Bertz CT molecular complexity index is 241. The molecule has 0 radical (unpaired) electrons. The van der Waals surface area contributed by atoms with Gasteiger partial charge in [-0.1, -0.05) is 0 Å². The predicted octanol–water partition coefficient (Wildman–Crippen LogP) is 1.56. The maximum Gasteiger partial charge on any atom is 2.00 e. The van der Waals surface area contributed by atoms with E-state index in [2.05, 4.69) is 6.92 Å². The summed E-state index contributed by atoms with van der Waals surface area (Å²) in [4.78, 5) is 10.3. The van der Waals surface area contributed by atoms with Gasteiger partial charge in [0, 0.05) is 5.56 Å². The summed E-state index contributed by atoms with van der Waals surface area (Å²) in [6.45, 7) is 3.63. The minimum Gasteiger partial charge on any atom is -0.478 e. The largest absolute Gasteiger partial charge is 2.00 e. The second kappa shape index (κ2) is 4.19. The van der Waals surface area contributed by atoms with Crippen molar-refractivity contribution in [3.63, 3.8) is 0 Å². The number of carboxylic acids is 1. The third-order valence-electron chi connectivity index (χ3n) is 1.20. The first kappa shape index (κ1) is 10.2. The van der Waals surface area contributed by atoms with E-state index >= 15 is 0 Å². The molecule has 1 N–H and O–H groups in total. The molecule has 2 nitrogen and oxygen atoms in total. The Kier molecular flexibility index (Phi) is 3.91. The third kappa shape index (κ3) is 2.77. The number of carboxylic acid groups (broad SMARTS) is 1. The molecule has 0 unspecified atom stereocenters. The standard InChI is InChI=1S/C8H7O2.W/c1-6-2-4-7(5-3-6)8(9)10;/h2-5H,1H2,(H,9,10);/q-1;+2. The van der Waals surface area contributed by atoms with Gasteiger partial charge in [-0.25, -0.2) is 4.79 Å². The number of hydrogen-bond acceptors (Lipinski definition) is 1. The molecule has 0 aromatic heterocycles. The smallest absolute Gasteiger partial charge is 0.478 e. The Balaban J connectivity index is 0.000001000. The van der Waals surface area contributed by atoms with Gasteiger partial charge in [-0.3, -0.25) is 0 Å². The molecule has 0 atom stereocenters. The van der Waals surface area contributed by atoms with Crippen LogP contribution in [0.15, 0.2) is 24.3 Å². The first-order chi connectivity index (χ1) is 4.70. The van der Waals surface area contributed by atoms with Crippen LogP contribution in [-0.2, 0) is 21.1 Å². The van der Waals surface area contributed by atoms with Gasteiger partial charge < -0.3 is 5.11 Å².